The summed E-state index contributed by atoms with van der Waals surface area (Å²) < 4.78 is 4.94. The highest BCUT2D eigenvalue weighted by atomic mass is 16.5. The smallest absolute Gasteiger partial charge is 0.307 e. The molecule has 0 fully saturated rings. The first-order chi connectivity index (χ1) is 6.56. The second-order valence-electron chi connectivity index (χ2n) is 2.99. The Morgan fingerprint density at radius 2 is 2.14 bits per heavy atom. The maximum Gasteiger partial charge on any atom is 0.307 e. The average Bonchev–Trinajstić information content (AvgIpc) is 2.11. The van der Waals surface area contributed by atoms with Gasteiger partial charge in [-0.15, -0.1) is 0 Å². The third kappa shape index (κ3) is 1.96. The molecule has 0 aliphatic carbocycles. The van der Waals surface area contributed by atoms with Gasteiger partial charge in [0.25, 0.3) is 0 Å². The summed E-state index contributed by atoms with van der Waals surface area (Å²) in [6.07, 6.45) is -0.156. The van der Waals surface area contributed by atoms with E-state index in [9.17, 15) is 9.90 Å². The first kappa shape index (κ1) is 10.4. The Morgan fingerprint density at radius 1 is 1.50 bits per heavy atom. The largest absolute Gasteiger partial charge is 0.504 e. The summed E-state index contributed by atoms with van der Waals surface area (Å²) in [7, 11) is 1.40. The number of aliphatic carboxylic acids is 1. The minimum atomic E-state index is -0.952. The molecular weight excluding hydrogens is 184 g/mol. The minimum Gasteiger partial charge on any atom is -0.504 e. The molecule has 0 saturated heterocycles. The van der Waals surface area contributed by atoms with Gasteiger partial charge in [-0.2, -0.15) is 0 Å². The van der Waals surface area contributed by atoms with Crippen LogP contribution in [0.1, 0.15) is 11.1 Å². The molecule has 0 bridgehead atoms. The van der Waals surface area contributed by atoms with Crippen LogP contribution in [0.3, 0.4) is 0 Å². The summed E-state index contributed by atoms with van der Waals surface area (Å²) in [6.45, 7) is 1.72. The molecule has 4 nitrogen and oxygen atoms in total. The number of hydrogen-bond acceptors (Lipinski definition) is 3. The van der Waals surface area contributed by atoms with Crippen LogP contribution in [0.25, 0.3) is 0 Å². The molecule has 1 rings (SSSR count). The Labute approximate surface area is 81.8 Å². The van der Waals surface area contributed by atoms with Crippen LogP contribution in [0.5, 0.6) is 11.5 Å². The van der Waals surface area contributed by atoms with E-state index in [2.05, 4.69) is 0 Å². The van der Waals surface area contributed by atoms with Crippen LogP contribution < -0.4 is 4.74 Å². The van der Waals surface area contributed by atoms with Crippen molar-refractivity contribution in [2.75, 3.05) is 7.11 Å². The maximum absolute atomic E-state index is 10.5. The number of benzene rings is 1. The van der Waals surface area contributed by atoms with Crippen LogP contribution in [0.4, 0.5) is 0 Å². The molecule has 76 valence electrons. The maximum atomic E-state index is 10.5. The Hall–Kier alpha value is -1.71. The number of carboxylic acids is 1. The highest BCUT2D eigenvalue weighted by molar-refractivity contribution is 5.72. The fourth-order valence-electron chi connectivity index (χ4n) is 1.24. The number of methoxy groups -OCH3 is 1. The van der Waals surface area contributed by atoms with E-state index >= 15 is 0 Å². The molecule has 0 heterocycles. The van der Waals surface area contributed by atoms with Crippen molar-refractivity contribution in [3.05, 3.63) is 23.3 Å². The zero-order valence-corrected chi connectivity index (χ0v) is 8.07. The predicted molar refractivity (Wildman–Crippen MR) is 50.7 cm³/mol. The number of carbonyl (C=O) groups is 1. The lowest BCUT2D eigenvalue weighted by Gasteiger charge is -2.10. The van der Waals surface area contributed by atoms with Gasteiger partial charge in [-0.05, 0) is 12.5 Å². The van der Waals surface area contributed by atoms with Gasteiger partial charge in [0.1, 0.15) is 0 Å². The van der Waals surface area contributed by atoms with Crippen molar-refractivity contribution in [2.24, 2.45) is 0 Å². The molecule has 1 aromatic rings. The molecule has 0 atom stereocenters. The molecule has 4 heteroatoms. The second-order valence-corrected chi connectivity index (χ2v) is 2.99. The van der Waals surface area contributed by atoms with Gasteiger partial charge in [0, 0.05) is 5.56 Å². The van der Waals surface area contributed by atoms with Gasteiger partial charge in [0.15, 0.2) is 11.5 Å². The van der Waals surface area contributed by atoms with Crippen molar-refractivity contribution >= 4 is 5.97 Å². The van der Waals surface area contributed by atoms with Gasteiger partial charge < -0.3 is 14.9 Å². The molecular formula is C10H12O4. The Kier molecular flexibility index (Phi) is 2.96. The van der Waals surface area contributed by atoms with Crippen molar-refractivity contribution in [1.82, 2.24) is 0 Å². The molecule has 0 unspecified atom stereocenters. The predicted octanol–water partition coefficient (Wildman–Crippen LogP) is 1.34. The van der Waals surface area contributed by atoms with E-state index in [1.54, 1.807) is 19.1 Å². The summed E-state index contributed by atoms with van der Waals surface area (Å²) in [4.78, 5) is 10.5. The number of phenols is 1. The van der Waals surface area contributed by atoms with Crippen LogP contribution in [0.2, 0.25) is 0 Å². The summed E-state index contributed by atoms with van der Waals surface area (Å²) in [5.74, 6) is -0.704. The highest BCUT2D eigenvalue weighted by Crippen LogP contribution is 2.33. The second kappa shape index (κ2) is 4.00. The number of carboxylic acid groups (broad SMARTS) is 1. The summed E-state index contributed by atoms with van der Waals surface area (Å²) >= 11 is 0. The van der Waals surface area contributed by atoms with Gasteiger partial charge in [-0.25, -0.2) is 0 Å². The molecule has 0 aliphatic rings. The lowest BCUT2D eigenvalue weighted by Crippen LogP contribution is -2.02. The molecule has 0 spiro atoms. The van der Waals surface area contributed by atoms with Crippen LogP contribution in [-0.2, 0) is 11.2 Å². The zero-order valence-electron chi connectivity index (χ0n) is 8.07. The average molecular weight is 196 g/mol. The van der Waals surface area contributed by atoms with Crippen LogP contribution in [-0.4, -0.2) is 23.3 Å². The molecule has 0 saturated carbocycles. The van der Waals surface area contributed by atoms with Gasteiger partial charge >= 0.3 is 5.97 Å². The normalized spacial score (nSPS) is 9.86. The molecule has 0 amide bonds. The quantitative estimate of drug-likeness (QED) is 0.765. The van der Waals surface area contributed by atoms with Crippen molar-refractivity contribution in [3.63, 3.8) is 0 Å². The van der Waals surface area contributed by atoms with Crippen molar-refractivity contribution in [1.29, 1.82) is 0 Å². The van der Waals surface area contributed by atoms with E-state index in [0.717, 1.165) is 0 Å². The molecule has 14 heavy (non-hydrogen) atoms. The topological polar surface area (TPSA) is 66.8 Å². The fraction of sp³-hybridized carbons (Fsp3) is 0.300. The molecule has 0 aromatic heterocycles. The summed E-state index contributed by atoms with van der Waals surface area (Å²) in [6, 6.07) is 3.30. The highest BCUT2D eigenvalue weighted by Gasteiger charge is 2.13. The fourth-order valence-corrected chi connectivity index (χ4v) is 1.24. The van der Waals surface area contributed by atoms with Crippen LogP contribution >= 0.6 is 0 Å². The monoisotopic (exact) mass is 196 g/mol. The number of rotatable bonds is 3. The number of hydrogen-bond donors (Lipinski definition) is 2. The number of ether oxygens (including phenoxy) is 1. The number of aryl methyl sites for hydroxylation is 1. The SMILES string of the molecule is COc1c(CC(=O)O)ccc(C)c1O. The Bertz CT molecular complexity index is 357. The van der Waals surface area contributed by atoms with Gasteiger partial charge in [0.05, 0.1) is 13.5 Å². The molecule has 2 N–H and O–H groups in total. The van der Waals surface area contributed by atoms with E-state index in [1.165, 1.54) is 7.11 Å². The standard InChI is InChI=1S/C10H12O4/c1-6-3-4-7(5-8(11)12)10(14-2)9(6)13/h3-4,13H,5H2,1-2H3,(H,11,12). The molecule has 0 radical (unpaired) electrons. The first-order valence-corrected chi connectivity index (χ1v) is 4.13. The third-order valence-corrected chi connectivity index (χ3v) is 1.96. The van der Waals surface area contributed by atoms with Crippen LogP contribution in [0, 0.1) is 6.92 Å². The summed E-state index contributed by atoms with van der Waals surface area (Å²) in [5, 5.41) is 18.2. The minimum absolute atomic E-state index is 0.00579. The van der Waals surface area contributed by atoms with E-state index in [0.29, 0.717) is 11.1 Å². The van der Waals surface area contributed by atoms with Gasteiger partial charge in [-0.1, -0.05) is 12.1 Å². The lowest BCUT2D eigenvalue weighted by molar-refractivity contribution is -0.136. The van der Waals surface area contributed by atoms with E-state index in [-0.39, 0.29) is 17.9 Å². The Morgan fingerprint density at radius 3 is 2.64 bits per heavy atom. The Balaban J connectivity index is 3.17. The van der Waals surface area contributed by atoms with E-state index in [4.69, 9.17) is 9.84 Å². The van der Waals surface area contributed by atoms with Crippen molar-refractivity contribution in [2.45, 2.75) is 13.3 Å². The molecule has 0 aliphatic heterocycles. The summed E-state index contributed by atoms with van der Waals surface area (Å²) in [5.41, 5.74) is 1.14. The van der Waals surface area contributed by atoms with Crippen molar-refractivity contribution in [3.8, 4) is 11.5 Å². The van der Waals surface area contributed by atoms with Crippen molar-refractivity contribution < 1.29 is 19.7 Å². The van der Waals surface area contributed by atoms with E-state index in [1.807, 2.05) is 0 Å². The zero-order chi connectivity index (χ0) is 10.7. The lowest BCUT2D eigenvalue weighted by atomic mass is 10.1. The van der Waals surface area contributed by atoms with E-state index < -0.39 is 5.97 Å². The van der Waals surface area contributed by atoms with Crippen LogP contribution in [0.15, 0.2) is 12.1 Å². The van der Waals surface area contributed by atoms with Gasteiger partial charge in [-0.3, -0.25) is 4.79 Å². The third-order valence-electron chi connectivity index (χ3n) is 1.96. The first-order valence-electron chi connectivity index (χ1n) is 4.13. The molecule has 1 aromatic carbocycles. The van der Waals surface area contributed by atoms with Gasteiger partial charge in [0.2, 0.25) is 0 Å². The number of aromatic hydroxyl groups is 1. The number of phenolic OH excluding ortho intramolecular Hbond substituents is 1.